The average molecular weight is 481 g/mol. The highest BCUT2D eigenvalue weighted by Gasteiger charge is 2.69. The van der Waals surface area contributed by atoms with Crippen molar-refractivity contribution in [1.82, 2.24) is 0 Å². The van der Waals surface area contributed by atoms with Gasteiger partial charge in [-0.3, -0.25) is 4.79 Å². The number of rotatable bonds is 0. The Balaban J connectivity index is 1.30. The zero-order valence-electron chi connectivity index (χ0n) is 21.0. The van der Waals surface area contributed by atoms with E-state index in [1.807, 2.05) is 6.92 Å². The van der Waals surface area contributed by atoms with Crippen molar-refractivity contribution in [2.45, 2.75) is 104 Å². The summed E-state index contributed by atoms with van der Waals surface area (Å²) in [5, 5.41) is 0. The van der Waals surface area contributed by atoms with Crippen LogP contribution in [0.15, 0.2) is 11.1 Å². The van der Waals surface area contributed by atoms with E-state index >= 15 is 0 Å². The predicted octanol–water partition coefficient (Wildman–Crippen LogP) is 6.85. The largest absolute Gasteiger partial charge is 0.419 e. The van der Waals surface area contributed by atoms with Crippen LogP contribution in [0.4, 0.5) is 13.2 Å². The van der Waals surface area contributed by atoms with Gasteiger partial charge in [0.15, 0.2) is 11.6 Å². The molecule has 1 spiro atoms. The molecule has 3 nitrogen and oxygen atoms in total. The van der Waals surface area contributed by atoms with Crippen LogP contribution in [0.3, 0.4) is 0 Å². The van der Waals surface area contributed by atoms with Crippen molar-refractivity contribution in [2.75, 3.05) is 6.61 Å². The first-order valence-electron chi connectivity index (χ1n) is 13.6. The second kappa shape index (κ2) is 7.34. The number of alkyl halides is 3. The maximum absolute atomic E-state index is 13.9. The number of allylic oxidation sites excluding steroid dienone is 1. The van der Waals surface area contributed by atoms with Gasteiger partial charge in [0, 0.05) is 18.8 Å². The van der Waals surface area contributed by atoms with Crippen molar-refractivity contribution in [1.29, 1.82) is 0 Å². The Labute approximate surface area is 201 Å². The Hall–Kier alpha value is -0.880. The standard InChI is InChI=1S/C28H39F3O3/c1-15-7-12-27(33-14-15)16(2)23-22(34-27)13-20-17-5-6-19-24(28(29,30)31)21(32)9-11-25(19,3)18(17)8-10-26(20,23)4/h15-18,20,22-23H,5-14H2,1-4H3/t15?,16-,17+,18-,20-,22-,23-,25+,26-,27+/m0/s1. The molecule has 2 aliphatic heterocycles. The summed E-state index contributed by atoms with van der Waals surface area (Å²) in [6.07, 6.45) is 2.56. The third-order valence-electron chi connectivity index (χ3n) is 11.7. The number of ether oxygens (including phenoxy) is 2. The van der Waals surface area contributed by atoms with E-state index in [2.05, 4.69) is 20.8 Å². The van der Waals surface area contributed by atoms with Crippen molar-refractivity contribution in [3.8, 4) is 0 Å². The van der Waals surface area contributed by atoms with Gasteiger partial charge in [-0.25, -0.2) is 0 Å². The molecule has 190 valence electrons. The lowest BCUT2D eigenvalue weighted by molar-refractivity contribution is -0.272. The summed E-state index contributed by atoms with van der Waals surface area (Å²) in [7, 11) is 0. The maximum Gasteiger partial charge on any atom is 0.419 e. The van der Waals surface area contributed by atoms with Crippen LogP contribution < -0.4 is 0 Å². The number of carbonyl (C=O) groups is 1. The third-order valence-corrected chi connectivity index (χ3v) is 11.7. The van der Waals surface area contributed by atoms with E-state index in [9.17, 15) is 18.0 Å². The number of Topliss-reactive ketones (excluding diaryl/α,β-unsaturated/α-hetero) is 1. The number of ketones is 1. The molecule has 4 aliphatic carbocycles. The molecule has 2 heterocycles. The minimum atomic E-state index is -4.54. The van der Waals surface area contributed by atoms with Gasteiger partial charge in [-0.2, -0.15) is 13.2 Å². The molecule has 3 saturated carbocycles. The molecule has 0 aromatic heterocycles. The summed E-state index contributed by atoms with van der Waals surface area (Å²) in [4.78, 5) is 12.4. The van der Waals surface area contributed by atoms with Gasteiger partial charge in [0.05, 0.1) is 18.3 Å². The van der Waals surface area contributed by atoms with E-state index < -0.39 is 28.7 Å². The van der Waals surface area contributed by atoms with Gasteiger partial charge in [0.25, 0.3) is 0 Å². The van der Waals surface area contributed by atoms with Crippen molar-refractivity contribution in [3.05, 3.63) is 11.1 Å². The predicted molar refractivity (Wildman–Crippen MR) is 122 cm³/mol. The molecule has 6 rings (SSSR count). The van der Waals surface area contributed by atoms with Crippen LogP contribution in [-0.2, 0) is 14.3 Å². The molecule has 2 saturated heterocycles. The number of halogens is 3. The summed E-state index contributed by atoms with van der Waals surface area (Å²) in [5.74, 6) is 1.37. The summed E-state index contributed by atoms with van der Waals surface area (Å²) in [5.41, 5.74) is -0.737. The van der Waals surface area contributed by atoms with Gasteiger partial charge in [-0.15, -0.1) is 0 Å². The smallest absolute Gasteiger partial charge is 0.349 e. The van der Waals surface area contributed by atoms with Gasteiger partial charge in [-0.05, 0) is 90.9 Å². The van der Waals surface area contributed by atoms with Gasteiger partial charge in [0.1, 0.15) is 0 Å². The average Bonchev–Trinajstić information content (AvgIpc) is 3.20. The lowest BCUT2D eigenvalue weighted by Gasteiger charge is -2.59. The topological polar surface area (TPSA) is 35.5 Å². The summed E-state index contributed by atoms with van der Waals surface area (Å²) in [6, 6.07) is 0. The minimum absolute atomic E-state index is 0.0314. The van der Waals surface area contributed by atoms with Crippen LogP contribution in [0.1, 0.15) is 85.5 Å². The Kier molecular flexibility index (Phi) is 5.07. The molecule has 6 heteroatoms. The van der Waals surface area contributed by atoms with Crippen molar-refractivity contribution in [2.24, 2.45) is 46.3 Å². The van der Waals surface area contributed by atoms with E-state index in [1.54, 1.807) is 0 Å². The Morgan fingerprint density at radius 3 is 2.41 bits per heavy atom. The number of fused-ring (bicyclic) bond motifs is 7. The first kappa shape index (κ1) is 23.5. The highest BCUT2D eigenvalue weighted by molar-refractivity contribution is 5.98. The molecular formula is C28H39F3O3. The fraction of sp³-hybridized carbons (Fsp3) is 0.893. The maximum atomic E-state index is 13.9. The second-order valence-corrected chi connectivity index (χ2v) is 13.1. The van der Waals surface area contributed by atoms with Gasteiger partial charge >= 0.3 is 6.18 Å². The van der Waals surface area contributed by atoms with Crippen LogP contribution in [0.2, 0.25) is 0 Å². The monoisotopic (exact) mass is 480 g/mol. The third kappa shape index (κ3) is 2.99. The fourth-order valence-corrected chi connectivity index (χ4v) is 10.1. The molecule has 0 N–H and O–H groups in total. The quantitative estimate of drug-likeness (QED) is 0.380. The van der Waals surface area contributed by atoms with Crippen LogP contribution in [0.5, 0.6) is 0 Å². The molecule has 0 amide bonds. The lowest BCUT2D eigenvalue weighted by Crippen LogP contribution is -2.53. The highest BCUT2D eigenvalue weighted by atomic mass is 19.4. The zero-order valence-corrected chi connectivity index (χ0v) is 21.0. The Morgan fingerprint density at radius 2 is 1.74 bits per heavy atom. The van der Waals surface area contributed by atoms with E-state index in [1.165, 1.54) is 0 Å². The molecule has 6 aliphatic rings. The summed E-state index contributed by atoms with van der Waals surface area (Å²) in [6.45, 7) is 9.82. The first-order chi connectivity index (χ1) is 15.9. The zero-order chi connectivity index (χ0) is 24.3. The van der Waals surface area contributed by atoms with Gasteiger partial charge in [0.2, 0.25) is 0 Å². The Morgan fingerprint density at radius 1 is 0.971 bits per heavy atom. The van der Waals surface area contributed by atoms with Crippen molar-refractivity contribution < 1.29 is 27.4 Å². The normalized spacial score (nSPS) is 52.9. The molecule has 0 aromatic carbocycles. The number of carbonyl (C=O) groups excluding carboxylic acids is 1. The van der Waals surface area contributed by atoms with E-state index in [-0.39, 0.29) is 23.9 Å². The molecular weight excluding hydrogens is 441 g/mol. The number of hydrogen-bond donors (Lipinski definition) is 0. The molecule has 0 bridgehead atoms. The second-order valence-electron chi connectivity index (χ2n) is 13.1. The molecule has 10 atom stereocenters. The molecule has 34 heavy (non-hydrogen) atoms. The molecule has 0 aromatic rings. The lowest BCUT2D eigenvalue weighted by atomic mass is 9.45. The van der Waals surface area contributed by atoms with Crippen LogP contribution in [0.25, 0.3) is 0 Å². The van der Waals surface area contributed by atoms with Gasteiger partial charge < -0.3 is 9.47 Å². The fourth-order valence-electron chi connectivity index (χ4n) is 10.1. The molecule has 1 unspecified atom stereocenters. The van der Waals surface area contributed by atoms with E-state index in [4.69, 9.17) is 9.47 Å². The summed E-state index contributed by atoms with van der Waals surface area (Å²) < 4.78 is 55.0. The molecule has 5 fully saturated rings. The SMILES string of the molecule is CC1CC[C@@]2(OC1)O[C@H]1C[C@H]3[C@@H]4CCC5=C(C(F)(F)F)C(=O)CC[C@]5(C)[C@H]4CC[C@]3(C)[C@H]1[C@@H]2C. The first-order valence-corrected chi connectivity index (χ1v) is 13.6. The Bertz CT molecular complexity index is 916. The van der Waals surface area contributed by atoms with Crippen LogP contribution in [0, 0.1) is 46.3 Å². The van der Waals surface area contributed by atoms with Crippen LogP contribution >= 0.6 is 0 Å². The van der Waals surface area contributed by atoms with Crippen molar-refractivity contribution in [3.63, 3.8) is 0 Å². The van der Waals surface area contributed by atoms with E-state index in [0.717, 1.165) is 45.1 Å². The number of hydrogen-bond acceptors (Lipinski definition) is 3. The molecule has 0 radical (unpaired) electrons. The highest BCUT2D eigenvalue weighted by Crippen LogP contribution is 2.71. The van der Waals surface area contributed by atoms with E-state index in [0.29, 0.717) is 48.0 Å². The summed E-state index contributed by atoms with van der Waals surface area (Å²) >= 11 is 0. The van der Waals surface area contributed by atoms with Gasteiger partial charge in [-0.1, -0.05) is 27.7 Å². The minimum Gasteiger partial charge on any atom is -0.349 e. The van der Waals surface area contributed by atoms with Crippen molar-refractivity contribution >= 4 is 5.78 Å². The van der Waals surface area contributed by atoms with Crippen LogP contribution in [-0.4, -0.2) is 30.5 Å².